The van der Waals surface area contributed by atoms with Crippen molar-refractivity contribution in [2.24, 2.45) is 0 Å². The van der Waals surface area contributed by atoms with Gasteiger partial charge in [0.2, 0.25) is 5.91 Å². The minimum absolute atomic E-state index is 0.0290. The Morgan fingerprint density at radius 1 is 1.33 bits per heavy atom. The van der Waals surface area contributed by atoms with Crippen LogP contribution < -0.4 is 4.74 Å². The maximum absolute atomic E-state index is 12.4. The molecule has 1 amide bonds. The summed E-state index contributed by atoms with van der Waals surface area (Å²) in [4.78, 5) is 14.3. The van der Waals surface area contributed by atoms with Crippen LogP contribution in [0.5, 0.6) is 5.75 Å². The van der Waals surface area contributed by atoms with Gasteiger partial charge in [0.25, 0.3) is 0 Å². The van der Waals surface area contributed by atoms with E-state index in [1.54, 1.807) is 7.11 Å². The lowest BCUT2D eigenvalue weighted by Crippen LogP contribution is -2.32. The van der Waals surface area contributed by atoms with Crippen LogP contribution in [-0.4, -0.2) is 36.7 Å². The molecule has 0 bridgehead atoms. The van der Waals surface area contributed by atoms with Crippen molar-refractivity contribution in [1.82, 2.24) is 4.90 Å². The lowest BCUT2D eigenvalue weighted by molar-refractivity contribution is -0.131. The number of carbonyl (C=O) groups is 1. The van der Waals surface area contributed by atoms with E-state index in [2.05, 4.69) is 0 Å². The van der Waals surface area contributed by atoms with Gasteiger partial charge < -0.3 is 14.4 Å². The second-order valence-corrected chi connectivity index (χ2v) is 6.05. The average molecular weight is 289 g/mol. The number of hydrogen-bond acceptors (Lipinski definition) is 3. The Bertz CT molecular complexity index is 509. The van der Waals surface area contributed by atoms with Crippen molar-refractivity contribution in [2.75, 3.05) is 20.3 Å². The van der Waals surface area contributed by atoms with Gasteiger partial charge in [0.1, 0.15) is 5.75 Å². The number of amides is 1. The standard InChI is InChI=1S/C17H23NO3/c1-20-15-5-2-4-14(12-15)13-18-10-9-17(7-3-11-21-17)8-6-16(18)19/h2,4-5,12H,3,6-11,13H2,1H3/t17-/m0/s1. The van der Waals surface area contributed by atoms with E-state index >= 15 is 0 Å². The number of nitrogens with zero attached hydrogens (tertiary/aromatic N) is 1. The molecule has 1 atom stereocenters. The summed E-state index contributed by atoms with van der Waals surface area (Å²) in [7, 11) is 1.66. The highest BCUT2D eigenvalue weighted by atomic mass is 16.5. The highest BCUT2D eigenvalue weighted by molar-refractivity contribution is 5.76. The SMILES string of the molecule is COc1cccc(CN2CC[C@]3(CCCO3)CCC2=O)c1. The first kappa shape index (κ1) is 14.4. The summed E-state index contributed by atoms with van der Waals surface area (Å²) >= 11 is 0. The second-order valence-electron chi connectivity index (χ2n) is 6.05. The fourth-order valence-electron chi connectivity index (χ4n) is 3.39. The molecule has 0 N–H and O–H groups in total. The number of ether oxygens (including phenoxy) is 2. The van der Waals surface area contributed by atoms with Crippen LogP contribution in [0.15, 0.2) is 24.3 Å². The predicted octanol–water partition coefficient (Wildman–Crippen LogP) is 2.76. The monoisotopic (exact) mass is 289 g/mol. The number of benzene rings is 1. The van der Waals surface area contributed by atoms with Gasteiger partial charge in [0, 0.05) is 26.1 Å². The molecule has 1 spiro atoms. The normalized spacial score (nSPS) is 26.1. The third-order valence-corrected chi connectivity index (χ3v) is 4.68. The molecular weight excluding hydrogens is 266 g/mol. The van der Waals surface area contributed by atoms with E-state index in [1.807, 2.05) is 29.2 Å². The largest absolute Gasteiger partial charge is 0.497 e. The molecule has 4 nitrogen and oxygen atoms in total. The minimum atomic E-state index is -0.0290. The maximum atomic E-state index is 12.4. The van der Waals surface area contributed by atoms with Crippen molar-refractivity contribution in [3.8, 4) is 5.75 Å². The van der Waals surface area contributed by atoms with Gasteiger partial charge in [-0.15, -0.1) is 0 Å². The Hall–Kier alpha value is -1.55. The summed E-state index contributed by atoms with van der Waals surface area (Å²) in [5.74, 6) is 1.08. The Labute approximate surface area is 126 Å². The van der Waals surface area contributed by atoms with Crippen LogP contribution in [0, 0.1) is 0 Å². The summed E-state index contributed by atoms with van der Waals surface area (Å²) in [6, 6.07) is 7.94. The van der Waals surface area contributed by atoms with Crippen LogP contribution in [-0.2, 0) is 16.1 Å². The third-order valence-electron chi connectivity index (χ3n) is 4.68. The summed E-state index contributed by atoms with van der Waals surface area (Å²) in [5.41, 5.74) is 1.09. The van der Waals surface area contributed by atoms with Crippen molar-refractivity contribution in [2.45, 2.75) is 44.2 Å². The van der Waals surface area contributed by atoms with Gasteiger partial charge in [-0.3, -0.25) is 4.79 Å². The second kappa shape index (κ2) is 6.06. The lowest BCUT2D eigenvalue weighted by atomic mass is 9.92. The van der Waals surface area contributed by atoms with E-state index in [0.717, 1.165) is 50.1 Å². The lowest BCUT2D eigenvalue weighted by Gasteiger charge is -2.26. The molecule has 1 aromatic carbocycles. The first-order valence-electron chi connectivity index (χ1n) is 7.75. The van der Waals surface area contributed by atoms with Crippen LogP contribution in [0.25, 0.3) is 0 Å². The minimum Gasteiger partial charge on any atom is -0.497 e. The Balaban J connectivity index is 1.68. The zero-order chi connectivity index (χ0) is 14.7. The molecule has 0 radical (unpaired) electrons. The zero-order valence-corrected chi connectivity index (χ0v) is 12.6. The quantitative estimate of drug-likeness (QED) is 0.859. The highest BCUT2D eigenvalue weighted by Crippen LogP contribution is 2.36. The van der Waals surface area contributed by atoms with Gasteiger partial charge in [-0.05, 0) is 43.4 Å². The van der Waals surface area contributed by atoms with Crippen molar-refractivity contribution >= 4 is 5.91 Å². The molecule has 4 heteroatoms. The van der Waals surface area contributed by atoms with E-state index in [9.17, 15) is 4.79 Å². The molecule has 2 aliphatic rings. The average Bonchev–Trinajstić information content (AvgIpc) is 2.92. The van der Waals surface area contributed by atoms with Crippen molar-refractivity contribution < 1.29 is 14.3 Å². The Morgan fingerprint density at radius 2 is 2.24 bits per heavy atom. The third kappa shape index (κ3) is 3.21. The Morgan fingerprint density at radius 3 is 3.00 bits per heavy atom. The smallest absolute Gasteiger partial charge is 0.222 e. The zero-order valence-electron chi connectivity index (χ0n) is 12.6. The molecule has 3 rings (SSSR count). The first-order valence-corrected chi connectivity index (χ1v) is 7.75. The van der Waals surface area contributed by atoms with Gasteiger partial charge in [-0.2, -0.15) is 0 Å². The molecule has 21 heavy (non-hydrogen) atoms. The first-order chi connectivity index (χ1) is 10.2. The van der Waals surface area contributed by atoms with Crippen molar-refractivity contribution in [3.63, 3.8) is 0 Å². The molecule has 114 valence electrons. The van der Waals surface area contributed by atoms with E-state index < -0.39 is 0 Å². The van der Waals surface area contributed by atoms with Crippen molar-refractivity contribution in [1.29, 1.82) is 0 Å². The molecule has 1 aromatic rings. The van der Waals surface area contributed by atoms with Crippen LogP contribution in [0.3, 0.4) is 0 Å². The molecule has 0 saturated carbocycles. The van der Waals surface area contributed by atoms with Gasteiger partial charge in [0.05, 0.1) is 12.7 Å². The molecule has 2 fully saturated rings. The number of rotatable bonds is 3. The summed E-state index contributed by atoms with van der Waals surface area (Å²) in [5, 5.41) is 0. The molecule has 0 aromatic heterocycles. The summed E-state index contributed by atoms with van der Waals surface area (Å²) < 4.78 is 11.2. The van der Waals surface area contributed by atoms with E-state index in [0.29, 0.717) is 13.0 Å². The molecule has 0 aliphatic carbocycles. The van der Waals surface area contributed by atoms with Crippen molar-refractivity contribution in [3.05, 3.63) is 29.8 Å². The van der Waals surface area contributed by atoms with Gasteiger partial charge in [0.15, 0.2) is 0 Å². The van der Waals surface area contributed by atoms with Gasteiger partial charge in [-0.25, -0.2) is 0 Å². The van der Waals surface area contributed by atoms with E-state index in [1.165, 1.54) is 0 Å². The van der Waals surface area contributed by atoms with Crippen LogP contribution in [0.4, 0.5) is 0 Å². The fraction of sp³-hybridized carbons (Fsp3) is 0.588. The predicted molar refractivity (Wildman–Crippen MR) is 80.2 cm³/mol. The summed E-state index contributed by atoms with van der Waals surface area (Å²) in [6.45, 7) is 2.30. The Kier molecular flexibility index (Phi) is 4.15. The fourth-order valence-corrected chi connectivity index (χ4v) is 3.39. The van der Waals surface area contributed by atoms with E-state index in [-0.39, 0.29) is 11.5 Å². The summed E-state index contributed by atoms with van der Waals surface area (Å²) in [6.07, 6.45) is 4.67. The highest BCUT2D eigenvalue weighted by Gasteiger charge is 2.38. The molecule has 2 saturated heterocycles. The van der Waals surface area contributed by atoms with Crippen LogP contribution >= 0.6 is 0 Å². The topological polar surface area (TPSA) is 38.8 Å². The molecule has 2 aliphatic heterocycles. The number of methoxy groups -OCH3 is 1. The van der Waals surface area contributed by atoms with Gasteiger partial charge in [-0.1, -0.05) is 12.1 Å². The van der Waals surface area contributed by atoms with Crippen LogP contribution in [0.1, 0.15) is 37.7 Å². The van der Waals surface area contributed by atoms with Gasteiger partial charge >= 0.3 is 0 Å². The van der Waals surface area contributed by atoms with E-state index in [4.69, 9.17) is 9.47 Å². The molecule has 2 heterocycles. The molecule has 0 unspecified atom stereocenters. The number of carbonyl (C=O) groups excluding carboxylic acids is 1. The number of likely N-dealkylation sites (tertiary alicyclic amines) is 1. The molecular formula is C17H23NO3. The number of hydrogen-bond donors (Lipinski definition) is 0. The maximum Gasteiger partial charge on any atom is 0.222 e. The van der Waals surface area contributed by atoms with Crippen LogP contribution in [0.2, 0.25) is 0 Å².